The first kappa shape index (κ1) is 14.1. The van der Waals surface area contributed by atoms with E-state index in [1.807, 2.05) is 7.05 Å². The van der Waals surface area contributed by atoms with E-state index in [0.29, 0.717) is 6.42 Å². The summed E-state index contributed by atoms with van der Waals surface area (Å²) in [6.07, 6.45) is 3.32. The van der Waals surface area contributed by atoms with Gasteiger partial charge in [-0.15, -0.1) is 0 Å². The molecule has 0 spiro atoms. The van der Waals surface area contributed by atoms with E-state index in [1.165, 1.54) is 0 Å². The molecule has 1 rings (SSSR count). The van der Waals surface area contributed by atoms with Crippen LogP contribution >= 0.6 is 0 Å². The van der Waals surface area contributed by atoms with Crippen molar-refractivity contribution in [2.45, 2.75) is 19.4 Å². The molecule has 1 aromatic rings. The SMILES string of the molecule is CNCCCCS(=O)(=O)NCc1ccn(C)n1. The fourth-order valence-corrected chi connectivity index (χ4v) is 2.50. The minimum absolute atomic E-state index is 0.168. The van der Waals surface area contributed by atoms with Gasteiger partial charge in [-0.05, 0) is 32.5 Å². The molecule has 2 N–H and O–H groups in total. The molecule has 0 aliphatic rings. The molecule has 0 amide bonds. The van der Waals surface area contributed by atoms with Gasteiger partial charge in [-0.2, -0.15) is 5.10 Å². The van der Waals surface area contributed by atoms with Crippen LogP contribution < -0.4 is 10.0 Å². The Kier molecular flexibility index (Phi) is 5.60. The van der Waals surface area contributed by atoms with E-state index in [1.54, 1.807) is 24.0 Å². The largest absolute Gasteiger partial charge is 0.320 e. The summed E-state index contributed by atoms with van der Waals surface area (Å²) in [6.45, 7) is 1.10. The molecule has 1 aromatic heterocycles. The second-order valence-corrected chi connectivity index (χ2v) is 5.86. The predicted octanol–water partition coefficient (Wildman–Crippen LogP) is -0.161. The normalized spacial score (nSPS) is 11.9. The summed E-state index contributed by atoms with van der Waals surface area (Å²) in [7, 11) is 0.478. The zero-order valence-electron chi connectivity index (χ0n) is 10.3. The first-order valence-electron chi connectivity index (χ1n) is 5.64. The number of hydrogen-bond acceptors (Lipinski definition) is 4. The number of aromatic nitrogens is 2. The number of sulfonamides is 1. The number of nitrogens with one attached hydrogen (secondary N) is 2. The fourth-order valence-electron chi connectivity index (χ4n) is 1.41. The Balaban J connectivity index is 2.29. The van der Waals surface area contributed by atoms with Gasteiger partial charge in [0.15, 0.2) is 0 Å². The van der Waals surface area contributed by atoms with Gasteiger partial charge in [0.1, 0.15) is 0 Å². The van der Waals surface area contributed by atoms with Crippen molar-refractivity contribution in [3.05, 3.63) is 18.0 Å². The third kappa shape index (κ3) is 5.81. The van der Waals surface area contributed by atoms with Crippen molar-refractivity contribution in [1.82, 2.24) is 19.8 Å². The van der Waals surface area contributed by atoms with Crippen molar-refractivity contribution in [3.8, 4) is 0 Å². The molecule has 17 heavy (non-hydrogen) atoms. The molecule has 98 valence electrons. The van der Waals surface area contributed by atoms with E-state index < -0.39 is 10.0 Å². The van der Waals surface area contributed by atoms with Gasteiger partial charge in [0.25, 0.3) is 0 Å². The van der Waals surface area contributed by atoms with Gasteiger partial charge in [0.2, 0.25) is 10.0 Å². The fraction of sp³-hybridized carbons (Fsp3) is 0.700. The van der Waals surface area contributed by atoms with Crippen LogP contribution in [0.2, 0.25) is 0 Å². The lowest BCUT2D eigenvalue weighted by Crippen LogP contribution is -2.26. The number of aryl methyl sites for hydroxylation is 1. The smallest absolute Gasteiger partial charge is 0.211 e. The van der Waals surface area contributed by atoms with Gasteiger partial charge in [0, 0.05) is 13.2 Å². The van der Waals surface area contributed by atoms with Gasteiger partial charge >= 0.3 is 0 Å². The molecule has 0 atom stereocenters. The van der Waals surface area contributed by atoms with Crippen LogP contribution in [0.4, 0.5) is 0 Å². The maximum absolute atomic E-state index is 11.6. The average Bonchev–Trinajstić information content (AvgIpc) is 2.68. The lowest BCUT2D eigenvalue weighted by atomic mass is 10.3. The second-order valence-electron chi connectivity index (χ2n) is 3.93. The zero-order chi connectivity index (χ0) is 12.7. The third-order valence-corrected chi connectivity index (χ3v) is 3.74. The third-order valence-electron chi connectivity index (χ3n) is 2.33. The number of hydrogen-bond donors (Lipinski definition) is 2. The van der Waals surface area contributed by atoms with Crippen LogP contribution in [0.5, 0.6) is 0 Å². The van der Waals surface area contributed by atoms with Crippen LogP contribution in [-0.4, -0.2) is 37.5 Å². The summed E-state index contributed by atoms with van der Waals surface area (Å²) in [5.74, 6) is 0.168. The lowest BCUT2D eigenvalue weighted by molar-refractivity contribution is 0.574. The minimum Gasteiger partial charge on any atom is -0.320 e. The molecule has 0 radical (unpaired) electrons. The topological polar surface area (TPSA) is 76.0 Å². The Bertz CT molecular complexity index is 427. The van der Waals surface area contributed by atoms with Crippen LogP contribution in [0.3, 0.4) is 0 Å². The second kappa shape index (κ2) is 6.73. The van der Waals surface area contributed by atoms with E-state index in [4.69, 9.17) is 0 Å². The highest BCUT2D eigenvalue weighted by atomic mass is 32.2. The molecule has 1 heterocycles. The predicted molar refractivity (Wildman–Crippen MR) is 67.0 cm³/mol. The molecular weight excluding hydrogens is 240 g/mol. The summed E-state index contributed by atoms with van der Waals surface area (Å²) < 4.78 is 27.4. The molecule has 0 saturated carbocycles. The van der Waals surface area contributed by atoms with E-state index in [0.717, 1.165) is 18.7 Å². The summed E-state index contributed by atoms with van der Waals surface area (Å²) in [6, 6.07) is 1.80. The van der Waals surface area contributed by atoms with Crippen LogP contribution in [0.15, 0.2) is 12.3 Å². The van der Waals surface area contributed by atoms with E-state index in [9.17, 15) is 8.42 Å². The molecule has 0 unspecified atom stereocenters. The minimum atomic E-state index is -3.18. The van der Waals surface area contributed by atoms with Crippen molar-refractivity contribution >= 4 is 10.0 Å². The summed E-state index contributed by atoms with van der Waals surface area (Å²) in [4.78, 5) is 0. The van der Waals surface area contributed by atoms with Crippen LogP contribution in [-0.2, 0) is 23.6 Å². The van der Waals surface area contributed by atoms with Crippen molar-refractivity contribution in [2.75, 3.05) is 19.3 Å². The van der Waals surface area contributed by atoms with E-state index in [2.05, 4.69) is 15.1 Å². The Morgan fingerprint density at radius 3 is 2.76 bits per heavy atom. The first-order valence-corrected chi connectivity index (χ1v) is 7.29. The maximum Gasteiger partial charge on any atom is 0.211 e. The number of nitrogens with zero attached hydrogens (tertiary/aromatic N) is 2. The zero-order valence-corrected chi connectivity index (χ0v) is 11.1. The van der Waals surface area contributed by atoms with Gasteiger partial charge in [0.05, 0.1) is 18.0 Å². The van der Waals surface area contributed by atoms with Crippen molar-refractivity contribution in [3.63, 3.8) is 0 Å². The quantitative estimate of drug-likeness (QED) is 0.637. The Morgan fingerprint density at radius 1 is 1.41 bits per heavy atom. The number of unbranched alkanes of at least 4 members (excludes halogenated alkanes) is 1. The molecule has 0 aliphatic heterocycles. The highest BCUT2D eigenvalue weighted by Gasteiger charge is 2.09. The summed E-state index contributed by atoms with van der Waals surface area (Å²) in [5, 5.41) is 7.09. The molecule has 7 heteroatoms. The molecule has 0 aliphatic carbocycles. The Labute approximate surface area is 102 Å². The van der Waals surface area contributed by atoms with Crippen molar-refractivity contribution in [1.29, 1.82) is 0 Å². The van der Waals surface area contributed by atoms with Crippen LogP contribution in [0.25, 0.3) is 0 Å². The van der Waals surface area contributed by atoms with Crippen molar-refractivity contribution in [2.24, 2.45) is 7.05 Å². The summed E-state index contributed by atoms with van der Waals surface area (Å²) in [5.41, 5.74) is 0.728. The maximum atomic E-state index is 11.6. The van der Waals surface area contributed by atoms with E-state index >= 15 is 0 Å². The Hall–Kier alpha value is -0.920. The van der Waals surface area contributed by atoms with Crippen molar-refractivity contribution < 1.29 is 8.42 Å². The molecular formula is C10H20N4O2S. The highest BCUT2D eigenvalue weighted by molar-refractivity contribution is 7.89. The lowest BCUT2D eigenvalue weighted by Gasteiger charge is -2.05. The average molecular weight is 260 g/mol. The van der Waals surface area contributed by atoms with E-state index in [-0.39, 0.29) is 12.3 Å². The molecule has 0 aromatic carbocycles. The van der Waals surface area contributed by atoms with Crippen LogP contribution in [0, 0.1) is 0 Å². The number of rotatable bonds is 8. The standard InChI is InChI=1S/C10H20N4O2S/c1-11-6-3-4-8-17(15,16)12-9-10-5-7-14(2)13-10/h5,7,11-12H,3-4,6,8-9H2,1-2H3. The molecule has 0 fully saturated rings. The van der Waals surface area contributed by atoms with Gasteiger partial charge in [-0.25, -0.2) is 13.1 Å². The van der Waals surface area contributed by atoms with Gasteiger partial charge in [-0.3, -0.25) is 4.68 Å². The van der Waals surface area contributed by atoms with Gasteiger partial charge in [-0.1, -0.05) is 0 Å². The summed E-state index contributed by atoms with van der Waals surface area (Å²) >= 11 is 0. The monoisotopic (exact) mass is 260 g/mol. The Morgan fingerprint density at radius 2 is 2.18 bits per heavy atom. The van der Waals surface area contributed by atoms with Gasteiger partial charge < -0.3 is 5.32 Å². The molecule has 0 saturated heterocycles. The molecule has 0 bridgehead atoms. The highest BCUT2D eigenvalue weighted by Crippen LogP contribution is 1.98. The first-order chi connectivity index (χ1) is 8.03. The van der Waals surface area contributed by atoms with Crippen LogP contribution in [0.1, 0.15) is 18.5 Å². The molecule has 6 nitrogen and oxygen atoms in total.